The van der Waals surface area contributed by atoms with Crippen LogP contribution in [-0.4, -0.2) is 22.3 Å². The Morgan fingerprint density at radius 2 is 1.73 bits per heavy atom. The first-order valence-electron chi connectivity index (χ1n) is 8.92. The number of primary sulfonamides is 1. The summed E-state index contributed by atoms with van der Waals surface area (Å²) in [5.41, 5.74) is 7.67. The first-order chi connectivity index (χ1) is 15.7. The average molecular weight is 500 g/mol. The summed E-state index contributed by atoms with van der Waals surface area (Å²) < 4.78 is 31.5. The van der Waals surface area contributed by atoms with Gasteiger partial charge in [0.25, 0.3) is 0 Å². The van der Waals surface area contributed by atoms with Gasteiger partial charge in [-0.3, -0.25) is 0 Å². The predicted octanol–water partition coefficient (Wildman–Crippen LogP) is 4.70. The van der Waals surface area contributed by atoms with Crippen LogP contribution in [0.2, 0.25) is 0 Å². The van der Waals surface area contributed by atoms with Crippen LogP contribution in [-0.2, 0) is 10.0 Å². The van der Waals surface area contributed by atoms with E-state index in [4.69, 9.17) is 10.9 Å². The van der Waals surface area contributed by atoms with Crippen LogP contribution in [0, 0.1) is 18.3 Å². The fourth-order valence-electron chi connectivity index (χ4n) is 2.66. The number of nitrogens with zero attached hydrogens (tertiary/aromatic N) is 7. The number of benzene rings is 2. The summed E-state index contributed by atoms with van der Waals surface area (Å²) >= 11 is 2.02. The van der Waals surface area contributed by atoms with Gasteiger partial charge in [0.15, 0.2) is 10.0 Å². The topological polar surface area (TPSA) is 205 Å². The highest BCUT2D eigenvalue weighted by Crippen LogP contribution is 2.39. The van der Waals surface area contributed by atoms with E-state index in [2.05, 4.69) is 29.2 Å². The van der Waals surface area contributed by atoms with Crippen LogP contribution in [0.15, 0.2) is 55.7 Å². The van der Waals surface area contributed by atoms with Crippen LogP contribution < -0.4 is 10.9 Å². The van der Waals surface area contributed by atoms with Crippen molar-refractivity contribution >= 4 is 71.1 Å². The third kappa shape index (κ3) is 4.54. The van der Waals surface area contributed by atoms with Gasteiger partial charge in [0, 0.05) is 11.5 Å². The zero-order valence-corrected chi connectivity index (χ0v) is 19.1. The Morgan fingerprint density at radius 1 is 1.03 bits per heavy atom. The summed E-state index contributed by atoms with van der Waals surface area (Å²) in [7, 11) is -3.90. The molecule has 4 rings (SSSR count). The van der Waals surface area contributed by atoms with E-state index in [9.17, 15) is 18.8 Å². The first kappa shape index (κ1) is 22.4. The van der Waals surface area contributed by atoms with Crippen molar-refractivity contribution in [1.82, 2.24) is 8.75 Å². The molecule has 0 saturated carbocycles. The molecule has 2 aromatic carbocycles. The minimum absolute atomic E-state index is 0.0447. The number of fused-ring (bicyclic) bond motifs is 1. The van der Waals surface area contributed by atoms with Crippen LogP contribution >= 0.6 is 23.1 Å². The number of phenols is 1. The number of hydrogen-bond acceptors (Lipinski definition) is 13. The fourth-order valence-corrected chi connectivity index (χ4v) is 4.56. The quantitative estimate of drug-likeness (QED) is 0.260. The molecule has 2 aromatic heterocycles. The van der Waals surface area contributed by atoms with Crippen LogP contribution in [0.1, 0.15) is 11.3 Å². The number of nitrogen functional groups attached to an aromatic ring is 1. The van der Waals surface area contributed by atoms with Gasteiger partial charge in [-0.1, -0.05) is 0 Å². The van der Waals surface area contributed by atoms with Gasteiger partial charge in [0.2, 0.25) is 10.0 Å². The molecule has 0 radical (unpaired) electrons. The van der Waals surface area contributed by atoms with Crippen LogP contribution in [0.3, 0.4) is 0 Å². The molecule has 0 amide bonds. The van der Waals surface area contributed by atoms with Crippen LogP contribution in [0.25, 0.3) is 10.9 Å². The van der Waals surface area contributed by atoms with Gasteiger partial charge < -0.3 is 10.8 Å². The molecular weight excluding hydrogens is 486 g/mol. The molecule has 33 heavy (non-hydrogen) atoms. The Kier molecular flexibility index (Phi) is 5.82. The van der Waals surface area contributed by atoms with E-state index in [1.807, 2.05) is 6.07 Å². The summed E-state index contributed by atoms with van der Waals surface area (Å²) in [6.45, 7) is 1.69. The lowest BCUT2D eigenvalue weighted by Gasteiger charge is -2.03. The Hall–Kier alpha value is -3.84. The van der Waals surface area contributed by atoms with E-state index in [-0.39, 0.29) is 27.7 Å². The third-order valence-corrected chi connectivity index (χ3v) is 6.83. The van der Waals surface area contributed by atoms with Gasteiger partial charge in [-0.15, -0.1) is 20.5 Å². The van der Waals surface area contributed by atoms with E-state index in [0.29, 0.717) is 32.2 Å². The van der Waals surface area contributed by atoms with E-state index >= 15 is 0 Å². The molecule has 15 heteroatoms. The average Bonchev–Trinajstić information content (AvgIpc) is 3.34. The Balaban J connectivity index is 1.69. The second kappa shape index (κ2) is 8.60. The number of nitriles is 1. The highest BCUT2D eigenvalue weighted by molar-refractivity contribution is 7.89. The van der Waals surface area contributed by atoms with E-state index < -0.39 is 10.0 Å². The van der Waals surface area contributed by atoms with Crippen LogP contribution in [0.4, 0.5) is 27.1 Å². The molecule has 0 bridgehead atoms. The molecule has 166 valence electrons. The Morgan fingerprint density at radius 3 is 2.45 bits per heavy atom. The van der Waals surface area contributed by atoms with Crippen molar-refractivity contribution in [3.05, 3.63) is 41.6 Å². The summed E-state index contributed by atoms with van der Waals surface area (Å²) in [5, 5.41) is 41.9. The number of sulfonamides is 1. The molecule has 0 aliphatic rings. The first-order valence-corrected chi connectivity index (χ1v) is 12.0. The van der Waals surface area contributed by atoms with E-state index in [1.54, 1.807) is 6.92 Å². The number of nitrogens with two attached hydrogens (primary N) is 2. The molecule has 5 N–H and O–H groups in total. The molecule has 0 saturated heterocycles. The lowest BCUT2D eigenvalue weighted by molar-refractivity contribution is 0.477. The van der Waals surface area contributed by atoms with Crippen molar-refractivity contribution in [3.63, 3.8) is 0 Å². The summed E-state index contributed by atoms with van der Waals surface area (Å²) in [5.74, 6) is -0.249. The molecule has 0 aliphatic heterocycles. The molecule has 0 atom stereocenters. The largest absolute Gasteiger partial charge is 0.506 e. The smallest absolute Gasteiger partial charge is 0.238 e. The summed E-state index contributed by atoms with van der Waals surface area (Å²) in [6.07, 6.45) is 0. The third-order valence-electron chi connectivity index (χ3n) is 4.33. The number of aryl methyl sites for hydroxylation is 1. The zero-order valence-electron chi connectivity index (χ0n) is 16.7. The van der Waals surface area contributed by atoms with Crippen molar-refractivity contribution in [3.8, 4) is 11.8 Å². The second-order valence-electron chi connectivity index (χ2n) is 6.57. The molecule has 4 aromatic rings. The lowest BCUT2D eigenvalue weighted by atomic mass is 10.2. The molecule has 0 aliphatic carbocycles. The van der Waals surface area contributed by atoms with Crippen molar-refractivity contribution in [2.45, 2.75) is 11.8 Å². The summed E-state index contributed by atoms with van der Waals surface area (Å²) in [6, 6.07) is 8.86. The highest BCUT2D eigenvalue weighted by atomic mass is 32.2. The molecule has 0 unspecified atom stereocenters. The lowest BCUT2D eigenvalue weighted by Crippen LogP contribution is -2.11. The van der Waals surface area contributed by atoms with Crippen molar-refractivity contribution in [2.24, 2.45) is 25.6 Å². The maximum atomic E-state index is 11.6. The van der Waals surface area contributed by atoms with Gasteiger partial charge in [-0.2, -0.15) is 14.0 Å². The molecule has 0 fully saturated rings. The molecule has 2 heterocycles. The monoisotopic (exact) mass is 499 g/mol. The predicted molar refractivity (Wildman–Crippen MR) is 123 cm³/mol. The number of rotatable bonds is 5. The number of phenolic OH excluding ortho intramolecular Hbond substituents is 1. The number of azo groups is 2. The van der Waals surface area contributed by atoms with Crippen molar-refractivity contribution < 1.29 is 13.5 Å². The Labute approximate surface area is 194 Å². The molecule has 0 spiro atoms. The minimum atomic E-state index is -3.90. The standard InChI is InChI=1S/C18H13N9O3S3/c1-8-11(7-19)18(31-26-8)25-22-14-6-15(16(28)5-12(14)20)23-24-17-10-4-9(33(21,29)30)2-3-13(10)27-32-17/h2-6,28H,20H2,1H3,(H2,21,29,30). The maximum Gasteiger partial charge on any atom is 0.238 e. The molecule has 12 nitrogen and oxygen atoms in total. The molecular formula is C18H13N9O3S3. The van der Waals surface area contributed by atoms with Crippen LogP contribution in [0.5, 0.6) is 5.75 Å². The van der Waals surface area contributed by atoms with Gasteiger partial charge in [-0.25, -0.2) is 13.6 Å². The fraction of sp³-hybridized carbons (Fsp3) is 0.0556. The maximum absolute atomic E-state index is 11.6. The van der Waals surface area contributed by atoms with Crippen molar-refractivity contribution in [2.75, 3.05) is 5.73 Å². The van der Waals surface area contributed by atoms with Gasteiger partial charge in [0.05, 0.1) is 21.8 Å². The second-order valence-corrected chi connectivity index (χ2v) is 9.64. The minimum Gasteiger partial charge on any atom is -0.506 e. The van der Waals surface area contributed by atoms with E-state index in [1.165, 1.54) is 30.3 Å². The number of aromatic hydroxyl groups is 1. The number of hydrogen-bond donors (Lipinski definition) is 3. The summed E-state index contributed by atoms with van der Waals surface area (Å²) in [4.78, 5) is -0.0836. The SMILES string of the molecule is Cc1nsc(N=Nc2cc(N=Nc3snc4ccc(S(N)(=O)=O)cc34)c(O)cc2N)c1C#N. The number of anilines is 1. The van der Waals surface area contributed by atoms with E-state index in [0.717, 1.165) is 23.1 Å². The zero-order chi connectivity index (χ0) is 23.8. The van der Waals surface area contributed by atoms with Gasteiger partial charge in [-0.05, 0) is 54.3 Å². The number of aromatic nitrogens is 2. The van der Waals surface area contributed by atoms with Gasteiger partial charge >= 0.3 is 0 Å². The van der Waals surface area contributed by atoms with Gasteiger partial charge in [0.1, 0.15) is 28.8 Å². The normalized spacial score (nSPS) is 12.2. The van der Waals surface area contributed by atoms with Crippen molar-refractivity contribution in [1.29, 1.82) is 5.26 Å². The Bertz CT molecular complexity index is 1600. The highest BCUT2D eigenvalue weighted by Gasteiger charge is 2.14.